The molecule has 2 heterocycles. The number of hydrogen-bond donors (Lipinski definition) is 1. The predicted molar refractivity (Wildman–Crippen MR) is 93.7 cm³/mol. The first kappa shape index (κ1) is 16.9. The lowest BCUT2D eigenvalue weighted by Crippen LogP contribution is -2.46. The molecule has 4 nitrogen and oxygen atoms in total. The monoisotopic (exact) mass is 343 g/mol. The van der Waals surface area contributed by atoms with Crippen LogP contribution in [-0.2, 0) is 22.6 Å². The first-order valence-corrected chi connectivity index (χ1v) is 9.09. The maximum atomic E-state index is 12.5. The van der Waals surface area contributed by atoms with Gasteiger partial charge in [-0.1, -0.05) is 36.4 Å². The second kappa shape index (κ2) is 7.28. The minimum atomic E-state index is -1.83. The average molecular weight is 343 g/mol. The van der Waals surface area contributed by atoms with Gasteiger partial charge in [-0.2, -0.15) is 0 Å². The van der Waals surface area contributed by atoms with Gasteiger partial charge in [-0.05, 0) is 29.9 Å². The number of carbonyl (C=O) groups is 2. The largest absolute Gasteiger partial charge is 0.373 e. The molecule has 1 aromatic carbocycles. The lowest BCUT2D eigenvalue weighted by molar-refractivity contribution is -0.153. The van der Waals surface area contributed by atoms with E-state index >= 15 is 0 Å². The van der Waals surface area contributed by atoms with Gasteiger partial charge in [-0.25, -0.2) is 0 Å². The third-order valence-corrected chi connectivity index (χ3v) is 5.41. The van der Waals surface area contributed by atoms with Crippen LogP contribution in [0.1, 0.15) is 29.7 Å². The van der Waals surface area contributed by atoms with E-state index in [1.807, 2.05) is 47.8 Å². The maximum absolute atomic E-state index is 12.5. The van der Waals surface area contributed by atoms with Gasteiger partial charge in [0.25, 0.3) is 5.91 Å². The molecular weight excluding hydrogens is 322 g/mol. The lowest BCUT2D eigenvalue weighted by atomic mass is 9.93. The first-order chi connectivity index (χ1) is 11.6. The summed E-state index contributed by atoms with van der Waals surface area (Å²) >= 11 is 1.66. The van der Waals surface area contributed by atoms with Crippen molar-refractivity contribution in [1.82, 2.24) is 4.90 Å². The van der Waals surface area contributed by atoms with Gasteiger partial charge in [0.05, 0.1) is 0 Å². The number of rotatable bonds is 7. The molecule has 1 aliphatic rings. The van der Waals surface area contributed by atoms with E-state index in [9.17, 15) is 14.7 Å². The number of nitrogens with zero attached hydrogens (tertiary/aromatic N) is 1. The molecule has 1 atom stereocenters. The van der Waals surface area contributed by atoms with E-state index in [1.54, 1.807) is 16.2 Å². The van der Waals surface area contributed by atoms with Crippen LogP contribution in [0.15, 0.2) is 47.8 Å². The van der Waals surface area contributed by atoms with Crippen LogP contribution in [0, 0.1) is 0 Å². The topological polar surface area (TPSA) is 57.6 Å². The Bertz CT molecular complexity index is 699. The van der Waals surface area contributed by atoms with E-state index in [1.165, 1.54) is 4.88 Å². The van der Waals surface area contributed by atoms with E-state index in [-0.39, 0.29) is 18.6 Å². The summed E-state index contributed by atoms with van der Waals surface area (Å²) in [5.74, 6) is -0.799. The van der Waals surface area contributed by atoms with Gasteiger partial charge in [-0.15, -0.1) is 11.3 Å². The van der Waals surface area contributed by atoms with Gasteiger partial charge in [0.1, 0.15) is 0 Å². The van der Waals surface area contributed by atoms with Crippen molar-refractivity contribution in [3.63, 3.8) is 0 Å². The Morgan fingerprint density at radius 2 is 2.00 bits per heavy atom. The minimum Gasteiger partial charge on any atom is -0.373 e. The minimum absolute atomic E-state index is 0.191. The second-order valence-electron chi connectivity index (χ2n) is 6.18. The average Bonchev–Trinajstić information content (AvgIpc) is 3.20. The van der Waals surface area contributed by atoms with E-state index in [0.29, 0.717) is 19.5 Å². The zero-order chi connectivity index (χ0) is 17.0. The highest BCUT2D eigenvalue weighted by atomic mass is 32.1. The highest BCUT2D eigenvalue weighted by Gasteiger charge is 2.50. The van der Waals surface area contributed by atoms with Gasteiger partial charge in [0, 0.05) is 30.8 Å². The molecule has 126 valence electrons. The molecule has 1 aromatic heterocycles. The lowest BCUT2D eigenvalue weighted by Gasteiger charge is -2.21. The fraction of sp³-hybridized carbons (Fsp3) is 0.368. The number of benzene rings is 1. The van der Waals surface area contributed by atoms with Crippen molar-refractivity contribution < 1.29 is 14.7 Å². The first-order valence-electron chi connectivity index (χ1n) is 8.21. The van der Waals surface area contributed by atoms with Crippen molar-refractivity contribution in [2.45, 2.75) is 37.8 Å². The summed E-state index contributed by atoms with van der Waals surface area (Å²) in [7, 11) is 0. The third kappa shape index (κ3) is 3.57. The number of hydrogen-bond acceptors (Lipinski definition) is 4. The Kier molecular flexibility index (Phi) is 5.11. The number of likely N-dealkylation sites (tertiary alicyclic amines) is 1. The van der Waals surface area contributed by atoms with Crippen molar-refractivity contribution in [2.75, 3.05) is 6.54 Å². The van der Waals surface area contributed by atoms with Crippen LogP contribution in [0.25, 0.3) is 0 Å². The fourth-order valence-corrected chi connectivity index (χ4v) is 3.82. The van der Waals surface area contributed by atoms with Crippen LogP contribution in [0.5, 0.6) is 0 Å². The summed E-state index contributed by atoms with van der Waals surface area (Å²) in [5.41, 5.74) is -0.829. The number of carbonyl (C=O) groups excluding carboxylic acids is 2. The Morgan fingerprint density at radius 3 is 2.71 bits per heavy atom. The molecule has 0 unspecified atom stereocenters. The summed E-state index contributed by atoms with van der Waals surface area (Å²) in [4.78, 5) is 27.7. The van der Waals surface area contributed by atoms with Gasteiger partial charge >= 0.3 is 0 Å². The standard InChI is InChI=1S/C19H21NO3S/c21-17(10-4-8-16-9-5-13-24-16)19(23)11-12-20(18(19)22)14-15-6-2-1-3-7-15/h1-3,5-7,9,13,23H,4,8,10-12,14H2/t19-/m1/s1. The van der Waals surface area contributed by atoms with Crippen molar-refractivity contribution in [2.24, 2.45) is 0 Å². The van der Waals surface area contributed by atoms with Gasteiger partial charge in [0.2, 0.25) is 5.60 Å². The zero-order valence-corrected chi connectivity index (χ0v) is 14.3. The van der Waals surface area contributed by atoms with Crippen molar-refractivity contribution in [1.29, 1.82) is 0 Å². The number of amides is 1. The predicted octanol–water partition coefficient (Wildman–Crippen LogP) is 2.80. The second-order valence-corrected chi connectivity index (χ2v) is 7.21. The molecule has 1 N–H and O–H groups in total. The van der Waals surface area contributed by atoms with Gasteiger partial charge in [-0.3, -0.25) is 9.59 Å². The molecule has 5 heteroatoms. The van der Waals surface area contributed by atoms with Gasteiger partial charge in [0.15, 0.2) is 5.78 Å². The molecule has 24 heavy (non-hydrogen) atoms. The smallest absolute Gasteiger partial charge is 0.262 e. The van der Waals surface area contributed by atoms with Crippen LogP contribution in [0.2, 0.25) is 0 Å². The Balaban J connectivity index is 1.56. The van der Waals surface area contributed by atoms with Gasteiger partial charge < -0.3 is 10.0 Å². The molecule has 0 radical (unpaired) electrons. The molecule has 1 amide bonds. The molecule has 3 rings (SSSR count). The summed E-state index contributed by atoms with van der Waals surface area (Å²) in [6.45, 7) is 0.853. The normalized spacial score (nSPS) is 20.5. The van der Waals surface area contributed by atoms with E-state index in [4.69, 9.17) is 0 Å². The molecule has 1 saturated heterocycles. The summed E-state index contributed by atoms with van der Waals surface area (Å²) in [5, 5.41) is 12.6. The summed E-state index contributed by atoms with van der Waals surface area (Å²) in [6.07, 6.45) is 1.89. The number of ketones is 1. The SMILES string of the molecule is O=C(CCCc1cccs1)[C@]1(O)CCN(Cc2ccccc2)C1=O. The van der Waals surface area contributed by atoms with E-state index < -0.39 is 11.5 Å². The molecule has 1 fully saturated rings. The molecule has 1 aliphatic heterocycles. The van der Waals surface area contributed by atoms with Crippen molar-refractivity contribution in [3.05, 3.63) is 58.3 Å². The maximum Gasteiger partial charge on any atom is 0.262 e. The number of aliphatic hydroxyl groups is 1. The Hall–Kier alpha value is -1.98. The molecule has 0 saturated carbocycles. The molecule has 0 spiro atoms. The fourth-order valence-electron chi connectivity index (χ4n) is 3.06. The summed E-state index contributed by atoms with van der Waals surface area (Å²) < 4.78 is 0. The van der Waals surface area contributed by atoms with Crippen molar-refractivity contribution in [3.8, 4) is 0 Å². The molecule has 0 bridgehead atoms. The quantitative estimate of drug-likeness (QED) is 0.787. The third-order valence-electron chi connectivity index (χ3n) is 4.47. The summed E-state index contributed by atoms with van der Waals surface area (Å²) in [6, 6.07) is 13.6. The van der Waals surface area contributed by atoms with Crippen LogP contribution in [0.4, 0.5) is 0 Å². The number of thiophene rings is 1. The molecular formula is C19H21NO3S. The highest BCUT2D eigenvalue weighted by Crippen LogP contribution is 2.27. The number of Topliss-reactive ketones (excluding diaryl/α,β-unsaturated/α-hetero) is 1. The van der Waals surface area contributed by atoms with Crippen LogP contribution in [-0.4, -0.2) is 33.8 Å². The Labute approximate surface area is 145 Å². The van der Waals surface area contributed by atoms with E-state index in [2.05, 4.69) is 0 Å². The molecule has 0 aliphatic carbocycles. The Morgan fingerprint density at radius 1 is 1.21 bits per heavy atom. The van der Waals surface area contributed by atoms with Crippen LogP contribution < -0.4 is 0 Å². The highest BCUT2D eigenvalue weighted by molar-refractivity contribution is 7.09. The van der Waals surface area contributed by atoms with Crippen LogP contribution >= 0.6 is 11.3 Å². The van der Waals surface area contributed by atoms with E-state index in [0.717, 1.165) is 12.0 Å². The van der Waals surface area contributed by atoms with Crippen molar-refractivity contribution >= 4 is 23.0 Å². The number of aryl methyl sites for hydroxylation is 1. The molecule has 2 aromatic rings. The van der Waals surface area contributed by atoms with Crippen LogP contribution in [0.3, 0.4) is 0 Å². The zero-order valence-electron chi connectivity index (χ0n) is 13.5.